The zero-order valence-electron chi connectivity index (χ0n) is 15.9. The molecule has 1 heterocycles. The molecule has 7 nitrogen and oxygen atoms in total. The number of nitrogens with zero attached hydrogens (tertiary/aromatic N) is 1. The number of nitrogens with one attached hydrogen (secondary N) is 1. The predicted molar refractivity (Wildman–Crippen MR) is 118 cm³/mol. The Bertz CT molecular complexity index is 1280. The summed E-state index contributed by atoms with van der Waals surface area (Å²) < 4.78 is 0. The Labute approximate surface area is 180 Å². The summed E-state index contributed by atoms with van der Waals surface area (Å²) in [6.45, 7) is 0. The van der Waals surface area contributed by atoms with Gasteiger partial charge in [0, 0.05) is 16.6 Å². The van der Waals surface area contributed by atoms with Crippen molar-refractivity contribution < 1.29 is 24.9 Å². The molecule has 0 aliphatic heterocycles. The van der Waals surface area contributed by atoms with Crippen LogP contribution in [0, 0.1) is 0 Å². The first-order valence-corrected chi connectivity index (χ1v) is 10.0. The maximum Gasteiger partial charge on any atom is 0.339 e. The number of hydrogen-bond acceptors (Lipinski definition) is 6. The second kappa shape index (κ2) is 8.29. The molecular formula is C23H16N2O5S. The van der Waals surface area contributed by atoms with Gasteiger partial charge in [0.05, 0.1) is 11.3 Å². The van der Waals surface area contributed by atoms with Crippen molar-refractivity contribution in [1.82, 2.24) is 4.98 Å². The SMILES string of the molecule is O=C(O)c1cc(-c2csc(Nc3ccc(-c4ccccc4)c(C(=O)O)c3)n2)ccc1O. The number of carboxylic acids is 2. The van der Waals surface area contributed by atoms with Crippen LogP contribution in [0.1, 0.15) is 20.7 Å². The van der Waals surface area contributed by atoms with E-state index in [0.29, 0.717) is 27.6 Å². The number of carbonyl (C=O) groups is 2. The third kappa shape index (κ3) is 4.24. The van der Waals surface area contributed by atoms with Crippen LogP contribution in [0.25, 0.3) is 22.4 Å². The predicted octanol–water partition coefficient (Wildman–Crippen LogP) is 5.32. The number of benzene rings is 3. The average Bonchev–Trinajstić information content (AvgIpc) is 3.23. The van der Waals surface area contributed by atoms with Crippen molar-refractivity contribution in [2.75, 3.05) is 5.32 Å². The molecule has 4 N–H and O–H groups in total. The van der Waals surface area contributed by atoms with E-state index >= 15 is 0 Å². The van der Waals surface area contributed by atoms with Gasteiger partial charge in [-0.2, -0.15) is 0 Å². The van der Waals surface area contributed by atoms with Crippen LogP contribution in [0.5, 0.6) is 5.75 Å². The highest BCUT2D eigenvalue weighted by molar-refractivity contribution is 7.14. The fraction of sp³-hybridized carbons (Fsp3) is 0. The van der Waals surface area contributed by atoms with Gasteiger partial charge in [-0.15, -0.1) is 11.3 Å². The van der Waals surface area contributed by atoms with Gasteiger partial charge in [0.2, 0.25) is 0 Å². The number of aromatic carboxylic acids is 2. The third-order valence-corrected chi connectivity index (χ3v) is 5.37. The van der Waals surface area contributed by atoms with E-state index in [-0.39, 0.29) is 16.9 Å². The lowest BCUT2D eigenvalue weighted by molar-refractivity contribution is 0.0684. The summed E-state index contributed by atoms with van der Waals surface area (Å²) in [6, 6.07) is 18.6. The molecule has 0 spiro atoms. The molecule has 3 aromatic carbocycles. The van der Waals surface area contributed by atoms with Crippen molar-refractivity contribution in [1.29, 1.82) is 0 Å². The number of aromatic nitrogens is 1. The van der Waals surface area contributed by atoms with Gasteiger partial charge in [-0.1, -0.05) is 36.4 Å². The van der Waals surface area contributed by atoms with Crippen molar-refractivity contribution in [3.8, 4) is 28.1 Å². The van der Waals surface area contributed by atoms with E-state index in [2.05, 4.69) is 10.3 Å². The first kappa shape index (κ1) is 20.1. The molecule has 0 saturated carbocycles. The number of thiazole rings is 1. The Morgan fingerprint density at radius 2 is 1.58 bits per heavy atom. The minimum atomic E-state index is -1.23. The van der Waals surface area contributed by atoms with Gasteiger partial charge in [-0.05, 0) is 41.5 Å². The zero-order valence-corrected chi connectivity index (χ0v) is 16.8. The van der Waals surface area contributed by atoms with Gasteiger partial charge < -0.3 is 20.6 Å². The Balaban J connectivity index is 1.62. The van der Waals surface area contributed by atoms with E-state index in [0.717, 1.165) is 5.56 Å². The number of rotatable bonds is 6. The van der Waals surface area contributed by atoms with Crippen molar-refractivity contribution in [3.05, 3.63) is 83.2 Å². The summed E-state index contributed by atoms with van der Waals surface area (Å²) in [5.41, 5.74) is 3.03. The minimum Gasteiger partial charge on any atom is -0.507 e. The minimum absolute atomic E-state index is 0.164. The van der Waals surface area contributed by atoms with E-state index < -0.39 is 11.9 Å². The van der Waals surface area contributed by atoms with Crippen LogP contribution >= 0.6 is 11.3 Å². The number of aromatic hydroxyl groups is 1. The first-order chi connectivity index (χ1) is 14.9. The summed E-state index contributed by atoms with van der Waals surface area (Å²) in [5, 5.41) is 33.9. The monoisotopic (exact) mass is 432 g/mol. The molecule has 8 heteroatoms. The molecule has 4 aromatic rings. The van der Waals surface area contributed by atoms with Crippen molar-refractivity contribution in [2.45, 2.75) is 0 Å². The lowest BCUT2D eigenvalue weighted by Gasteiger charge is -2.10. The van der Waals surface area contributed by atoms with E-state index in [4.69, 9.17) is 0 Å². The van der Waals surface area contributed by atoms with Gasteiger partial charge in [0.1, 0.15) is 11.3 Å². The first-order valence-electron chi connectivity index (χ1n) is 9.14. The summed E-state index contributed by atoms with van der Waals surface area (Å²) in [6.07, 6.45) is 0. The fourth-order valence-electron chi connectivity index (χ4n) is 3.12. The van der Waals surface area contributed by atoms with Gasteiger partial charge >= 0.3 is 11.9 Å². The summed E-state index contributed by atoms with van der Waals surface area (Å²) in [7, 11) is 0. The molecule has 0 radical (unpaired) electrons. The zero-order chi connectivity index (χ0) is 22.0. The highest BCUT2D eigenvalue weighted by Gasteiger charge is 2.15. The standard InChI is InChI=1S/C23H16N2O5S/c26-20-9-6-14(10-18(20)22(29)30)19-12-31-23(25-19)24-15-7-8-16(17(11-15)21(27)28)13-4-2-1-3-5-13/h1-12,26H,(H,24,25)(H,27,28)(H,29,30). The van der Waals surface area contributed by atoms with Crippen molar-refractivity contribution in [2.24, 2.45) is 0 Å². The lowest BCUT2D eigenvalue weighted by Crippen LogP contribution is -2.01. The quantitative estimate of drug-likeness (QED) is 0.325. The smallest absolute Gasteiger partial charge is 0.339 e. The Hall–Kier alpha value is -4.17. The van der Waals surface area contributed by atoms with Crippen molar-refractivity contribution in [3.63, 3.8) is 0 Å². The summed E-state index contributed by atoms with van der Waals surface area (Å²) in [5.74, 6) is -2.58. The van der Waals surface area contributed by atoms with Gasteiger partial charge in [-0.3, -0.25) is 0 Å². The van der Waals surface area contributed by atoms with Crippen LogP contribution < -0.4 is 5.32 Å². The molecule has 154 valence electrons. The van der Waals surface area contributed by atoms with Crippen LogP contribution in [0.3, 0.4) is 0 Å². The largest absolute Gasteiger partial charge is 0.507 e. The second-order valence-electron chi connectivity index (χ2n) is 6.63. The molecule has 0 saturated heterocycles. The molecule has 0 amide bonds. The molecule has 0 bridgehead atoms. The van der Waals surface area contributed by atoms with Gasteiger partial charge in [0.15, 0.2) is 5.13 Å². The highest BCUT2D eigenvalue weighted by atomic mass is 32.1. The molecule has 0 aliphatic rings. The van der Waals surface area contributed by atoms with E-state index in [1.54, 1.807) is 29.6 Å². The molecule has 1 aromatic heterocycles. The van der Waals surface area contributed by atoms with E-state index in [1.165, 1.54) is 23.5 Å². The average molecular weight is 432 g/mol. The molecule has 4 rings (SSSR count). The van der Waals surface area contributed by atoms with Crippen LogP contribution in [-0.2, 0) is 0 Å². The molecular weight excluding hydrogens is 416 g/mol. The Kier molecular flexibility index (Phi) is 5.38. The van der Waals surface area contributed by atoms with Crippen LogP contribution in [-0.4, -0.2) is 32.2 Å². The van der Waals surface area contributed by atoms with E-state index in [9.17, 15) is 24.9 Å². The number of anilines is 2. The maximum atomic E-state index is 11.8. The third-order valence-electron chi connectivity index (χ3n) is 4.61. The number of hydrogen-bond donors (Lipinski definition) is 4. The van der Waals surface area contributed by atoms with Crippen LogP contribution in [0.2, 0.25) is 0 Å². The molecule has 0 unspecified atom stereocenters. The Morgan fingerprint density at radius 1 is 0.839 bits per heavy atom. The fourth-order valence-corrected chi connectivity index (χ4v) is 3.86. The molecule has 31 heavy (non-hydrogen) atoms. The molecule has 0 fully saturated rings. The van der Waals surface area contributed by atoms with Gasteiger partial charge in [-0.25, -0.2) is 14.6 Å². The van der Waals surface area contributed by atoms with Crippen molar-refractivity contribution >= 4 is 34.1 Å². The van der Waals surface area contributed by atoms with Crippen LogP contribution in [0.15, 0.2) is 72.1 Å². The highest BCUT2D eigenvalue weighted by Crippen LogP contribution is 2.32. The normalized spacial score (nSPS) is 10.6. The topological polar surface area (TPSA) is 120 Å². The van der Waals surface area contributed by atoms with E-state index in [1.807, 2.05) is 30.3 Å². The number of carboxylic acid groups (broad SMARTS) is 2. The second-order valence-corrected chi connectivity index (χ2v) is 7.49. The lowest BCUT2D eigenvalue weighted by atomic mass is 9.99. The number of phenols is 1. The summed E-state index contributed by atoms with van der Waals surface area (Å²) in [4.78, 5) is 27.5. The Morgan fingerprint density at radius 3 is 2.29 bits per heavy atom. The van der Waals surface area contributed by atoms with Gasteiger partial charge in [0.25, 0.3) is 0 Å². The molecule has 0 aliphatic carbocycles. The molecule has 0 atom stereocenters. The summed E-state index contributed by atoms with van der Waals surface area (Å²) >= 11 is 1.29. The maximum absolute atomic E-state index is 11.8. The van der Waals surface area contributed by atoms with Crippen LogP contribution in [0.4, 0.5) is 10.8 Å².